The van der Waals surface area contributed by atoms with E-state index in [-0.39, 0.29) is 17.6 Å². The largest absolute Gasteiger partial charge is 0.497 e. The standard InChI is InChI=1S/C29H27N3O3S/c1-19-14-20(2)16-23(15-19)32-28(34)25(17-21-8-10-24(35-3)11-9-21)30-29(32)36-18-27(33)31-13-12-22-6-4-5-7-26(22)31/h4-11,14-17H,12-13,18H2,1-3H3/b25-17+. The van der Waals surface area contributed by atoms with Crippen LogP contribution in [0, 0.1) is 13.8 Å². The molecule has 0 bridgehead atoms. The van der Waals surface area contributed by atoms with Gasteiger partial charge in [-0.15, -0.1) is 0 Å². The van der Waals surface area contributed by atoms with Gasteiger partial charge < -0.3 is 9.64 Å². The molecule has 0 fully saturated rings. The highest BCUT2D eigenvalue weighted by Gasteiger charge is 2.33. The van der Waals surface area contributed by atoms with Crippen LogP contribution >= 0.6 is 11.8 Å². The number of nitrogens with zero attached hydrogens (tertiary/aromatic N) is 3. The van der Waals surface area contributed by atoms with Crippen molar-refractivity contribution >= 4 is 46.2 Å². The predicted molar refractivity (Wildman–Crippen MR) is 147 cm³/mol. The minimum Gasteiger partial charge on any atom is -0.497 e. The van der Waals surface area contributed by atoms with Gasteiger partial charge in [-0.1, -0.05) is 48.2 Å². The number of carbonyl (C=O) groups is 2. The number of rotatable bonds is 5. The van der Waals surface area contributed by atoms with E-state index in [0.717, 1.165) is 40.2 Å². The number of amides is 2. The zero-order valence-electron chi connectivity index (χ0n) is 20.5. The topological polar surface area (TPSA) is 62.2 Å². The summed E-state index contributed by atoms with van der Waals surface area (Å²) in [7, 11) is 1.62. The number of amidine groups is 1. The van der Waals surface area contributed by atoms with Crippen molar-refractivity contribution in [2.45, 2.75) is 20.3 Å². The molecule has 3 aromatic rings. The van der Waals surface area contributed by atoms with E-state index in [2.05, 4.69) is 17.1 Å². The van der Waals surface area contributed by atoms with Crippen molar-refractivity contribution in [2.75, 3.05) is 29.2 Å². The first kappa shape index (κ1) is 23.9. The van der Waals surface area contributed by atoms with E-state index < -0.39 is 0 Å². The number of hydrogen-bond donors (Lipinski definition) is 0. The molecule has 0 N–H and O–H groups in total. The highest BCUT2D eigenvalue weighted by molar-refractivity contribution is 8.14. The van der Waals surface area contributed by atoms with Gasteiger partial charge in [-0.3, -0.25) is 14.5 Å². The van der Waals surface area contributed by atoms with Crippen molar-refractivity contribution in [2.24, 2.45) is 4.99 Å². The Balaban J connectivity index is 1.43. The first-order valence-corrected chi connectivity index (χ1v) is 12.8. The van der Waals surface area contributed by atoms with Crippen molar-refractivity contribution in [1.29, 1.82) is 0 Å². The number of fused-ring (bicyclic) bond motifs is 1. The molecule has 0 saturated carbocycles. The van der Waals surface area contributed by atoms with E-state index in [1.54, 1.807) is 18.1 Å². The van der Waals surface area contributed by atoms with Crippen LogP contribution in [0.5, 0.6) is 5.75 Å². The molecule has 3 aromatic carbocycles. The normalized spacial score (nSPS) is 15.9. The Kier molecular flexibility index (Phi) is 6.65. The van der Waals surface area contributed by atoms with Crippen LogP contribution in [0.15, 0.2) is 77.4 Å². The Morgan fingerprint density at radius 3 is 2.50 bits per heavy atom. The Hall–Kier alpha value is -3.84. The molecule has 0 spiro atoms. The number of benzene rings is 3. The zero-order chi connectivity index (χ0) is 25.2. The second-order valence-electron chi connectivity index (χ2n) is 8.90. The van der Waals surface area contributed by atoms with Crippen LogP contribution < -0.4 is 14.5 Å². The van der Waals surface area contributed by atoms with E-state index in [1.165, 1.54) is 17.3 Å². The van der Waals surface area contributed by atoms with Crippen LogP contribution in [0.3, 0.4) is 0 Å². The molecule has 0 aromatic heterocycles. The number of aryl methyl sites for hydroxylation is 2. The van der Waals surface area contributed by atoms with Gasteiger partial charge in [0.1, 0.15) is 11.4 Å². The molecule has 6 nitrogen and oxygen atoms in total. The number of para-hydroxylation sites is 1. The van der Waals surface area contributed by atoms with E-state index in [0.29, 0.717) is 17.4 Å². The average molecular weight is 498 g/mol. The molecule has 2 amide bonds. The van der Waals surface area contributed by atoms with Crippen LogP contribution in [0.2, 0.25) is 0 Å². The van der Waals surface area contributed by atoms with Gasteiger partial charge >= 0.3 is 0 Å². The van der Waals surface area contributed by atoms with Gasteiger partial charge in [-0.2, -0.15) is 0 Å². The fraction of sp³-hybridized carbons (Fsp3) is 0.207. The van der Waals surface area contributed by atoms with Gasteiger partial charge in [0.15, 0.2) is 5.17 Å². The fourth-order valence-electron chi connectivity index (χ4n) is 4.56. The number of methoxy groups -OCH3 is 1. The lowest BCUT2D eigenvalue weighted by Gasteiger charge is -2.20. The Labute approximate surface area is 215 Å². The van der Waals surface area contributed by atoms with Crippen molar-refractivity contribution in [3.63, 3.8) is 0 Å². The number of aliphatic imine (C=N–C) groups is 1. The van der Waals surface area contributed by atoms with Crippen molar-refractivity contribution in [3.8, 4) is 5.75 Å². The second kappa shape index (κ2) is 10.0. The fourth-order valence-corrected chi connectivity index (χ4v) is 5.45. The lowest BCUT2D eigenvalue weighted by molar-refractivity contribution is -0.116. The monoisotopic (exact) mass is 497 g/mol. The average Bonchev–Trinajstić information content (AvgIpc) is 3.43. The van der Waals surface area contributed by atoms with Gasteiger partial charge in [-0.05, 0) is 78.9 Å². The number of ether oxygens (including phenoxy) is 1. The number of thioether (sulfide) groups is 1. The molecule has 2 aliphatic rings. The first-order valence-electron chi connectivity index (χ1n) is 11.8. The van der Waals surface area contributed by atoms with Gasteiger partial charge in [0.25, 0.3) is 5.91 Å². The van der Waals surface area contributed by atoms with E-state index in [9.17, 15) is 9.59 Å². The molecule has 5 rings (SSSR count). The molecule has 0 atom stereocenters. The maximum Gasteiger partial charge on any atom is 0.283 e. The molecular weight excluding hydrogens is 470 g/mol. The van der Waals surface area contributed by atoms with Gasteiger partial charge in [-0.25, -0.2) is 4.99 Å². The lowest BCUT2D eigenvalue weighted by atomic mass is 10.1. The summed E-state index contributed by atoms with van der Waals surface area (Å²) in [6.45, 7) is 4.68. The molecule has 36 heavy (non-hydrogen) atoms. The molecule has 2 heterocycles. The molecule has 182 valence electrons. The molecule has 0 unspecified atom stereocenters. The molecule has 0 radical (unpaired) electrons. The highest BCUT2D eigenvalue weighted by Crippen LogP contribution is 2.32. The van der Waals surface area contributed by atoms with E-state index >= 15 is 0 Å². The summed E-state index contributed by atoms with van der Waals surface area (Å²) in [4.78, 5) is 34.8. The molecule has 0 saturated heterocycles. The molecule has 7 heteroatoms. The number of hydrogen-bond acceptors (Lipinski definition) is 5. The quantitative estimate of drug-likeness (QED) is 0.444. The number of anilines is 2. The predicted octanol–water partition coefficient (Wildman–Crippen LogP) is 5.38. The van der Waals surface area contributed by atoms with Crippen molar-refractivity contribution < 1.29 is 14.3 Å². The third-order valence-corrected chi connectivity index (χ3v) is 7.15. The van der Waals surface area contributed by atoms with Gasteiger partial charge in [0, 0.05) is 12.2 Å². The Morgan fingerprint density at radius 1 is 1.06 bits per heavy atom. The Morgan fingerprint density at radius 2 is 1.78 bits per heavy atom. The minimum atomic E-state index is -0.211. The van der Waals surface area contributed by atoms with Crippen LogP contribution in [0.1, 0.15) is 22.3 Å². The van der Waals surface area contributed by atoms with E-state index in [4.69, 9.17) is 4.74 Å². The SMILES string of the molecule is COc1ccc(/C=C2/N=C(SCC(=O)N3CCc4ccccc43)N(c3cc(C)cc(C)c3)C2=O)cc1. The number of carbonyl (C=O) groups excluding carboxylic acids is 2. The van der Waals surface area contributed by atoms with Crippen LogP contribution in [-0.2, 0) is 16.0 Å². The highest BCUT2D eigenvalue weighted by atomic mass is 32.2. The summed E-state index contributed by atoms with van der Waals surface area (Å²) in [5.41, 5.74) is 6.20. The van der Waals surface area contributed by atoms with Gasteiger partial charge in [0.2, 0.25) is 5.91 Å². The smallest absolute Gasteiger partial charge is 0.283 e. The maximum atomic E-state index is 13.5. The first-order chi connectivity index (χ1) is 17.4. The molecule has 2 aliphatic heterocycles. The minimum absolute atomic E-state index is 0.00746. The van der Waals surface area contributed by atoms with Crippen molar-refractivity contribution in [3.05, 3.63) is 94.7 Å². The van der Waals surface area contributed by atoms with E-state index in [1.807, 2.05) is 73.3 Å². The van der Waals surface area contributed by atoms with Crippen molar-refractivity contribution in [1.82, 2.24) is 0 Å². The summed E-state index contributed by atoms with van der Waals surface area (Å²) in [6, 6.07) is 21.5. The zero-order valence-corrected chi connectivity index (χ0v) is 21.3. The van der Waals surface area contributed by atoms with Crippen LogP contribution in [0.25, 0.3) is 6.08 Å². The summed E-state index contributed by atoms with van der Waals surface area (Å²) in [6.07, 6.45) is 2.62. The maximum absolute atomic E-state index is 13.5. The molecular formula is C29H27N3O3S. The summed E-state index contributed by atoms with van der Waals surface area (Å²) in [5, 5.41) is 0.505. The second-order valence-corrected chi connectivity index (χ2v) is 9.84. The molecule has 0 aliphatic carbocycles. The summed E-state index contributed by atoms with van der Waals surface area (Å²) in [5.74, 6) is 0.733. The van der Waals surface area contributed by atoms with Gasteiger partial charge in [0.05, 0.1) is 18.6 Å². The summed E-state index contributed by atoms with van der Waals surface area (Å²) >= 11 is 1.30. The third-order valence-electron chi connectivity index (χ3n) is 6.23. The summed E-state index contributed by atoms with van der Waals surface area (Å²) < 4.78 is 5.23. The third kappa shape index (κ3) is 4.79. The van der Waals surface area contributed by atoms with Crippen LogP contribution in [0.4, 0.5) is 11.4 Å². The van der Waals surface area contributed by atoms with Crippen LogP contribution in [-0.4, -0.2) is 36.4 Å². The Bertz CT molecular complexity index is 1370. The lowest BCUT2D eigenvalue weighted by Crippen LogP contribution is -2.34.